The Labute approximate surface area is 101 Å². The summed E-state index contributed by atoms with van der Waals surface area (Å²) in [7, 11) is 0. The number of rotatable bonds is 2. The van der Waals surface area contributed by atoms with E-state index >= 15 is 0 Å². The highest BCUT2D eigenvalue weighted by Gasteiger charge is 2.51. The summed E-state index contributed by atoms with van der Waals surface area (Å²) in [5, 5.41) is 9.25. The molecule has 1 N–H and O–H groups in total. The van der Waals surface area contributed by atoms with Crippen LogP contribution in [0.4, 0.5) is 0 Å². The maximum Gasteiger partial charge on any atom is 0.0433 e. The van der Waals surface area contributed by atoms with Crippen LogP contribution in [0.5, 0.6) is 0 Å². The summed E-state index contributed by atoms with van der Waals surface area (Å²) in [6, 6.07) is 0. The molecule has 0 aliphatic heterocycles. The van der Waals surface area contributed by atoms with Gasteiger partial charge in [-0.05, 0) is 54.8 Å². The molecule has 1 heteroatoms. The lowest BCUT2D eigenvalue weighted by Gasteiger charge is -2.57. The van der Waals surface area contributed by atoms with Gasteiger partial charge in [-0.15, -0.1) is 0 Å². The monoisotopic (exact) mass is 224 g/mol. The molecule has 0 bridgehead atoms. The Balaban J connectivity index is 2.22. The molecule has 2 saturated carbocycles. The smallest absolute Gasteiger partial charge is 0.0433 e. The molecule has 3 atom stereocenters. The van der Waals surface area contributed by atoms with E-state index in [1.165, 1.54) is 38.5 Å². The fourth-order valence-electron chi connectivity index (χ4n) is 4.90. The van der Waals surface area contributed by atoms with Crippen LogP contribution in [0.2, 0.25) is 0 Å². The fourth-order valence-corrected chi connectivity index (χ4v) is 4.90. The second-order valence-corrected chi connectivity index (χ2v) is 7.04. The zero-order chi connectivity index (χ0) is 11.8. The second kappa shape index (κ2) is 4.33. The summed E-state index contributed by atoms with van der Waals surface area (Å²) in [4.78, 5) is 0. The molecule has 0 spiro atoms. The van der Waals surface area contributed by atoms with Crippen molar-refractivity contribution in [3.8, 4) is 0 Å². The van der Waals surface area contributed by atoms with E-state index in [1.54, 1.807) is 0 Å². The van der Waals surface area contributed by atoms with Crippen molar-refractivity contribution in [3.05, 3.63) is 0 Å². The lowest BCUT2D eigenvalue weighted by molar-refractivity contribution is -0.0781. The van der Waals surface area contributed by atoms with Gasteiger partial charge in [0.2, 0.25) is 0 Å². The van der Waals surface area contributed by atoms with Crippen molar-refractivity contribution in [1.82, 2.24) is 0 Å². The van der Waals surface area contributed by atoms with Gasteiger partial charge < -0.3 is 5.11 Å². The van der Waals surface area contributed by atoms with Gasteiger partial charge in [0.25, 0.3) is 0 Å². The van der Waals surface area contributed by atoms with Crippen molar-refractivity contribution in [1.29, 1.82) is 0 Å². The third-order valence-corrected chi connectivity index (χ3v) is 5.73. The summed E-state index contributed by atoms with van der Waals surface area (Å²) in [6.45, 7) is 7.83. The van der Waals surface area contributed by atoms with E-state index in [0.717, 1.165) is 18.3 Å². The van der Waals surface area contributed by atoms with Crippen molar-refractivity contribution in [3.63, 3.8) is 0 Å². The molecule has 0 aromatic carbocycles. The third-order valence-electron chi connectivity index (χ3n) is 5.73. The molecular formula is C15H28O. The first-order chi connectivity index (χ1) is 7.50. The molecular weight excluding hydrogens is 196 g/mol. The van der Waals surface area contributed by atoms with E-state index in [9.17, 15) is 5.11 Å². The molecule has 0 heterocycles. The molecule has 2 aliphatic carbocycles. The minimum atomic E-state index is 0.382. The van der Waals surface area contributed by atoms with Gasteiger partial charge in [0.15, 0.2) is 0 Å². The summed E-state index contributed by atoms with van der Waals surface area (Å²) in [5.74, 6) is 1.66. The first-order valence-electron chi connectivity index (χ1n) is 7.11. The minimum Gasteiger partial charge on any atom is -0.396 e. The van der Waals surface area contributed by atoms with Crippen LogP contribution in [0.3, 0.4) is 0 Å². The molecule has 16 heavy (non-hydrogen) atoms. The largest absolute Gasteiger partial charge is 0.396 e. The van der Waals surface area contributed by atoms with Gasteiger partial charge >= 0.3 is 0 Å². The van der Waals surface area contributed by atoms with Crippen LogP contribution in [0.1, 0.15) is 65.7 Å². The van der Waals surface area contributed by atoms with Crippen molar-refractivity contribution in [2.75, 3.05) is 6.61 Å². The van der Waals surface area contributed by atoms with Gasteiger partial charge in [0.05, 0.1) is 0 Å². The SMILES string of the molecule is CC1(C)CCC[C@@]2(C)C1CCC[C@@H]2CCO. The molecule has 2 rings (SSSR count). The maximum atomic E-state index is 9.25. The zero-order valence-corrected chi connectivity index (χ0v) is 11.3. The number of aliphatic hydroxyl groups excluding tert-OH is 1. The van der Waals surface area contributed by atoms with E-state index in [1.807, 2.05) is 0 Å². The Morgan fingerprint density at radius 2 is 1.81 bits per heavy atom. The normalized spacial score (nSPS) is 42.8. The number of fused-ring (bicyclic) bond motifs is 1. The highest BCUT2D eigenvalue weighted by Crippen LogP contribution is 2.60. The maximum absolute atomic E-state index is 9.25. The molecule has 1 nitrogen and oxygen atoms in total. The van der Waals surface area contributed by atoms with Crippen LogP contribution in [-0.2, 0) is 0 Å². The average molecular weight is 224 g/mol. The van der Waals surface area contributed by atoms with Crippen LogP contribution >= 0.6 is 0 Å². The number of hydrogen-bond acceptors (Lipinski definition) is 1. The van der Waals surface area contributed by atoms with Crippen LogP contribution in [0.15, 0.2) is 0 Å². The minimum absolute atomic E-state index is 0.382. The van der Waals surface area contributed by atoms with E-state index in [4.69, 9.17) is 0 Å². The predicted molar refractivity (Wildman–Crippen MR) is 68.3 cm³/mol. The highest BCUT2D eigenvalue weighted by molar-refractivity contribution is 5.00. The number of aliphatic hydroxyl groups is 1. The lowest BCUT2D eigenvalue weighted by Crippen LogP contribution is -2.48. The molecule has 1 unspecified atom stereocenters. The molecule has 0 aromatic heterocycles. The molecule has 0 amide bonds. The van der Waals surface area contributed by atoms with Crippen LogP contribution in [0.25, 0.3) is 0 Å². The third kappa shape index (κ3) is 1.92. The topological polar surface area (TPSA) is 20.2 Å². The standard InChI is InChI=1S/C15H28O/c1-14(2)9-5-10-15(3)12(8-11-16)6-4-7-13(14)15/h12-13,16H,4-11H2,1-3H3/t12-,13?,15-/m1/s1. The van der Waals surface area contributed by atoms with E-state index in [2.05, 4.69) is 20.8 Å². The van der Waals surface area contributed by atoms with Crippen molar-refractivity contribution in [2.24, 2.45) is 22.7 Å². The molecule has 0 saturated heterocycles. The zero-order valence-electron chi connectivity index (χ0n) is 11.3. The van der Waals surface area contributed by atoms with Crippen LogP contribution in [-0.4, -0.2) is 11.7 Å². The van der Waals surface area contributed by atoms with Crippen molar-refractivity contribution >= 4 is 0 Å². The Hall–Kier alpha value is -0.0400. The summed E-state index contributed by atoms with van der Waals surface area (Å²) < 4.78 is 0. The first-order valence-corrected chi connectivity index (χ1v) is 7.11. The lowest BCUT2D eigenvalue weighted by atomic mass is 9.48. The predicted octanol–water partition coefficient (Wildman–Crippen LogP) is 4.00. The average Bonchev–Trinajstić information content (AvgIpc) is 2.20. The van der Waals surface area contributed by atoms with Gasteiger partial charge in [-0.3, -0.25) is 0 Å². The molecule has 0 radical (unpaired) electrons. The molecule has 2 aliphatic rings. The Morgan fingerprint density at radius 1 is 1.06 bits per heavy atom. The summed E-state index contributed by atoms with van der Waals surface area (Å²) in [5.41, 5.74) is 1.05. The fraction of sp³-hybridized carbons (Fsp3) is 1.00. The quantitative estimate of drug-likeness (QED) is 0.751. The van der Waals surface area contributed by atoms with E-state index in [0.29, 0.717) is 17.4 Å². The Kier molecular flexibility index (Phi) is 3.36. The molecule has 94 valence electrons. The van der Waals surface area contributed by atoms with Gasteiger partial charge in [-0.25, -0.2) is 0 Å². The molecule has 0 aromatic rings. The Morgan fingerprint density at radius 3 is 2.50 bits per heavy atom. The Bertz CT molecular complexity index is 244. The van der Waals surface area contributed by atoms with Gasteiger partial charge in [-0.2, -0.15) is 0 Å². The molecule has 2 fully saturated rings. The second-order valence-electron chi connectivity index (χ2n) is 7.04. The van der Waals surface area contributed by atoms with Gasteiger partial charge in [0.1, 0.15) is 0 Å². The van der Waals surface area contributed by atoms with E-state index in [-0.39, 0.29) is 0 Å². The summed E-state index contributed by atoms with van der Waals surface area (Å²) in [6.07, 6.45) is 9.37. The van der Waals surface area contributed by atoms with Crippen LogP contribution in [0, 0.1) is 22.7 Å². The van der Waals surface area contributed by atoms with Gasteiger partial charge in [0, 0.05) is 6.61 Å². The van der Waals surface area contributed by atoms with Gasteiger partial charge in [-0.1, -0.05) is 33.6 Å². The van der Waals surface area contributed by atoms with Crippen molar-refractivity contribution in [2.45, 2.75) is 65.7 Å². The van der Waals surface area contributed by atoms with Crippen LogP contribution < -0.4 is 0 Å². The van der Waals surface area contributed by atoms with E-state index < -0.39 is 0 Å². The highest BCUT2D eigenvalue weighted by atomic mass is 16.3. The summed E-state index contributed by atoms with van der Waals surface area (Å²) >= 11 is 0. The first kappa shape index (κ1) is 12.4. The van der Waals surface area contributed by atoms with Crippen molar-refractivity contribution < 1.29 is 5.11 Å². The number of hydrogen-bond donors (Lipinski definition) is 1.